The minimum Gasteiger partial charge on any atom is -0.345 e. The van der Waals surface area contributed by atoms with Gasteiger partial charge in [0.25, 0.3) is 23.3 Å². The maximum Gasteiger partial charge on any atom is 0.274 e. The second kappa shape index (κ2) is 8.32. The summed E-state index contributed by atoms with van der Waals surface area (Å²) >= 11 is 0. The lowest BCUT2D eigenvalue weighted by atomic mass is 10.1. The zero-order chi connectivity index (χ0) is 22.0. The minimum atomic E-state index is -0.446. The average molecular weight is 410 g/mol. The number of aromatic nitrogens is 1. The van der Waals surface area contributed by atoms with E-state index in [1.807, 2.05) is 0 Å². The number of nitrogens with zero attached hydrogens (tertiary/aromatic N) is 3. The average Bonchev–Trinajstić information content (AvgIpc) is 2.95. The van der Waals surface area contributed by atoms with Crippen LogP contribution in [0.4, 0.5) is 5.69 Å². The molecule has 2 heterocycles. The van der Waals surface area contributed by atoms with E-state index in [4.69, 9.17) is 0 Å². The van der Waals surface area contributed by atoms with Crippen molar-refractivity contribution in [2.75, 3.05) is 26.0 Å². The number of carbonyl (C=O) groups is 4. The van der Waals surface area contributed by atoms with Gasteiger partial charge in [0, 0.05) is 40.3 Å². The lowest BCUT2D eigenvalue weighted by molar-refractivity contribution is -0.116. The van der Waals surface area contributed by atoms with Crippen molar-refractivity contribution >= 4 is 29.3 Å². The fourth-order valence-electron chi connectivity index (χ4n) is 3.23. The van der Waals surface area contributed by atoms with Crippen molar-refractivity contribution in [3.05, 3.63) is 63.6 Å². The highest BCUT2D eigenvalue weighted by molar-refractivity contribution is 6.21. The van der Waals surface area contributed by atoms with Gasteiger partial charge in [-0.25, -0.2) is 0 Å². The van der Waals surface area contributed by atoms with Crippen LogP contribution >= 0.6 is 0 Å². The smallest absolute Gasteiger partial charge is 0.274 e. The van der Waals surface area contributed by atoms with Gasteiger partial charge in [0.05, 0.1) is 16.7 Å². The normalized spacial score (nSPS) is 12.7. The fraction of sp³-hybridized carbons (Fsp3) is 0.286. The number of amides is 4. The van der Waals surface area contributed by atoms with Crippen LogP contribution in [-0.4, -0.2) is 58.6 Å². The number of fused-ring (bicyclic) bond motifs is 1. The predicted molar refractivity (Wildman–Crippen MR) is 109 cm³/mol. The van der Waals surface area contributed by atoms with Gasteiger partial charge in [-0.1, -0.05) is 12.1 Å². The number of pyridine rings is 1. The molecule has 1 aliphatic heterocycles. The van der Waals surface area contributed by atoms with E-state index in [0.29, 0.717) is 11.1 Å². The summed E-state index contributed by atoms with van der Waals surface area (Å²) in [4.78, 5) is 63.9. The van der Waals surface area contributed by atoms with Gasteiger partial charge in [0.15, 0.2) is 0 Å². The standard InChI is InChI=1S/C21H22N4O5/c1-23(2)18(27)13-11-16(21(30)24(3)12-13)22-17(26)9-6-10-25-19(28)14-7-4-5-8-15(14)20(25)29/h4-5,7-8,11-12H,6,9-10H2,1-3H3,(H,22,26). The third kappa shape index (κ3) is 4.00. The minimum absolute atomic E-state index is 0.00239. The first-order valence-corrected chi connectivity index (χ1v) is 9.38. The fourth-order valence-corrected chi connectivity index (χ4v) is 3.23. The lowest BCUT2D eigenvalue weighted by Crippen LogP contribution is -2.31. The first-order valence-electron chi connectivity index (χ1n) is 9.38. The Balaban J connectivity index is 1.62. The molecule has 156 valence electrons. The number of hydrogen-bond donors (Lipinski definition) is 1. The Morgan fingerprint density at radius 2 is 1.63 bits per heavy atom. The Bertz CT molecular complexity index is 1070. The summed E-state index contributed by atoms with van der Waals surface area (Å²) < 4.78 is 1.23. The third-order valence-corrected chi connectivity index (χ3v) is 4.77. The monoisotopic (exact) mass is 410 g/mol. The molecule has 0 radical (unpaired) electrons. The Labute approximate surface area is 172 Å². The molecule has 1 N–H and O–H groups in total. The number of hydrogen-bond acceptors (Lipinski definition) is 5. The number of rotatable bonds is 6. The van der Waals surface area contributed by atoms with Crippen LogP contribution in [0.3, 0.4) is 0 Å². The van der Waals surface area contributed by atoms with Crippen LogP contribution in [0.15, 0.2) is 41.3 Å². The summed E-state index contributed by atoms with van der Waals surface area (Å²) in [5, 5.41) is 2.52. The molecule has 0 spiro atoms. The second-order valence-corrected chi connectivity index (χ2v) is 7.22. The predicted octanol–water partition coefficient (Wildman–Crippen LogP) is 1.10. The summed E-state index contributed by atoms with van der Waals surface area (Å²) in [6, 6.07) is 7.92. The van der Waals surface area contributed by atoms with Gasteiger partial charge < -0.3 is 14.8 Å². The number of carbonyl (C=O) groups excluding carboxylic acids is 4. The first-order chi connectivity index (χ1) is 14.2. The van der Waals surface area contributed by atoms with Crippen LogP contribution in [0.2, 0.25) is 0 Å². The highest BCUT2D eigenvalue weighted by Crippen LogP contribution is 2.22. The van der Waals surface area contributed by atoms with Crippen LogP contribution < -0.4 is 10.9 Å². The molecule has 3 rings (SSSR count). The molecule has 0 atom stereocenters. The lowest BCUT2D eigenvalue weighted by Gasteiger charge is -2.14. The van der Waals surface area contributed by atoms with Gasteiger partial charge >= 0.3 is 0 Å². The van der Waals surface area contributed by atoms with Gasteiger partial charge in [-0.3, -0.25) is 28.9 Å². The number of benzene rings is 1. The Morgan fingerprint density at radius 1 is 1.03 bits per heavy atom. The van der Waals surface area contributed by atoms with E-state index in [9.17, 15) is 24.0 Å². The summed E-state index contributed by atoms with van der Waals surface area (Å²) in [5.41, 5.74) is 0.536. The van der Waals surface area contributed by atoms with Crippen molar-refractivity contribution in [3.8, 4) is 0 Å². The number of imide groups is 1. The van der Waals surface area contributed by atoms with E-state index >= 15 is 0 Å². The van der Waals surface area contributed by atoms with Crippen LogP contribution in [-0.2, 0) is 11.8 Å². The van der Waals surface area contributed by atoms with E-state index < -0.39 is 11.5 Å². The van der Waals surface area contributed by atoms with Crippen LogP contribution in [0, 0.1) is 0 Å². The molecule has 30 heavy (non-hydrogen) atoms. The summed E-state index contributed by atoms with van der Waals surface area (Å²) in [7, 11) is 4.67. The summed E-state index contributed by atoms with van der Waals surface area (Å²) in [5.74, 6) is -1.50. The van der Waals surface area contributed by atoms with Crippen molar-refractivity contribution in [2.45, 2.75) is 12.8 Å². The van der Waals surface area contributed by atoms with Gasteiger partial charge in [0.2, 0.25) is 5.91 Å². The van der Waals surface area contributed by atoms with Gasteiger partial charge in [-0.15, -0.1) is 0 Å². The van der Waals surface area contributed by atoms with E-state index in [1.54, 1.807) is 38.4 Å². The second-order valence-electron chi connectivity index (χ2n) is 7.22. The topological polar surface area (TPSA) is 109 Å². The Morgan fingerprint density at radius 3 is 2.20 bits per heavy atom. The van der Waals surface area contributed by atoms with Crippen molar-refractivity contribution < 1.29 is 19.2 Å². The van der Waals surface area contributed by atoms with Crippen molar-refractivity contribution in [1.82, 2.24) is 14.4 Å². The van der Waals surface area contributed by atoms with Crippen molar-refractivity contribution in [2.24, 2.45) is 7.05 Å². The molecule has 0 fully saturated rings. The number of aryl methyl sites for hydroxylation is 1. The molecule has 9 nitrogen and oxygen atoms in total. The molecule has 0 bridgehead atoms. The maximum absolute atomic E-state index is 12.3. The molecule has 2 aromatic rings. The largest absolute Gasteiger partial charge is 0.345 e. The van der Waals surface area contributed by atoms with E-state index in [-0.39, 0.29) is 48.4 Å². The quantitative estimate of drug-likeness (QED) is 0.718. The Kier molecular flexibility index (Phi) is 5.81. The van der Waals surface area contributed by atoms with Crippen LogP contribution in [0.5, 0.6) is 0 Å². The molecule has 0 saturated heterocycles. The van der Waals surface area contributed by atoms with E-state index in [1.165, 1.54) is 28.8 Å². The summed E-state index contributed by atoms with van der Waals surface area (Å²) in [6.45, 7) is 0.0942. The molecular weight excluding hydrogens is 388 g/mol. The molecule has 1 aromatic carbocycles. The highest BCUT2D eigenvalue weighted by Gasteiger charge is 2.34. The zero-order valence-electron chi connectivity index (χ0n) is 17.0. The molecule has 0 saturated carbocycles. The van der Waals surface area contributed by atoms with Gasteiger partial charge in [-0.2, -0.15) is 0 Å². The van der Waals surface area contributed by atoms with E-state index in [2.05, 4.69) is 5.32 Å². The maximum atomic E-state index is 12.3. The van der Waals surface area contributed by atoms with Gasteiger partial charge in [-0.05, 0) is 24.6 Å². The number of nitrogens with one attached hydrogen (secondary N) is 1. The molecule has 1 aromatic heterocycles. The molecule has 0 aliphatic carbocycles. The Hall–Kier alpha value is -3.75. The molecule has 4 amide bonds. The molecule has 9 heteroatoms. The van der Waals surface area contributed by atoms with E-state index in [0.717, 1.165) is 4.90 Å². The SMILES string of the molecule is CN(C)C(=O)c1cc(NC(=O)CCCN2C(=O)c3ccccc3C2=O)c(=O)n(C)c1. The van der Waals surface area contributed by atoms with Crippen molar-refractivity contribution in [1.29, 1.82) is 0 Å². The zero-order valence-corrected chi connectivity index (χ0v) is 17.0. The molecular formula is C21H22N4O5. The van der Waals surface area contributed by atoms with Gasteiger partial charge in [0.1, 0.15) is 5.69 Å². The highest BCUT2D eigenvalue weighted by atomic mass is 16.2. The number of anilines is 1. The molecule has 1 aliphatic rings. The first kappa shape index (κ1) is 21.0. The molecule has 0 unspecified atom stereocenters. The van der Waals surface area contributed by atoms with Crippen molar-refractivity contribution in [3.63, 3.8) is 0 Å². The summed E-state index contributed by atoms with van der Waals surface area (Å²) in [6.07, 6.45) is 1.65. The third-order valence-electron chi connectivity index (χ3n) is 4.77. The van der Waals surface area contributed by atoms with Crippen LogP contribution in [0.25, 0.3) is 0 Å². The van der Waals surface area contributed by atoms with Crippen LogP contribution in [0.1, 0.15) is 43.9 Å².